The highest BCUT2D eigenvalue weighted by Gasteiger charge is 2.43. The van der Waals surface area contributed by atoms with E-state index in [2.05, 4.69) is 10.3 Å². The molecule has 1 aliphatic rings. The van der Waals surface area contributed by atoms with Crippen LogP contribution in [0.1, 0.15) is 49.2 Å². The summed E-state index contributed by atoms with van der Waals surface area (Å²) in [5.74, 6) is -1.23. The molecular formula is C32H32ClN3O5. The molecule has 4 aromatic rings. The zero-order valence-electron chi connectivity index (χ0n) is 23.2. The number of benzene rings is 3. The molecule has 2 unspecified atom stereocenters. The van der Waals surface area contributed by atoms with Crippen molar-refractivity contribution in [3.63, 3.8) is 0 Å². The van der Waals surface area contributed by atoms with Gasteiger partial charge in [-0.25, -0.2) is 9.79 Å². The van der Waals surface area contributed by atoms with Crippen LogP contribution >= 0.6 is 11.6 Å². The second-order valence-electron chi connectivity index (χ2n) is 10.5. The molecule has 212 valence electrons. The maximum Gasteiger partial charge on any atom is 0.344 e. The number of halogens is 1. The van der Waals surface area contributed by atoms with Crippen LogP contribution in [0.2, 0.25) is 5.02 Å². The van der Waals surface area contributed by atoms with Crippen LogP contribution in [0, 0.1) is 5.92 Å². The van der Waals surface area contributed by atoms with E-state index in [0.717, 1.165) is 27.5 Å². The summed E-state index contributed by atoms with van der Waals surface area (Å²) in [6, 6.07) is 19.3. The van der Waals surface area contributed by atoms with Crippen molar-refractivity contribution < 1.29 is 23.5 Å². The Balaban J connectivity index is 1.25. The Morgan fingerprint density at radius 2 is 1.83 bits per heavy atom. The van der Waals surface area contributed by atoms with Crippen LogP contribution in [-0.4, -0.2) is 54.1 Å². The van der Waals surface area contributed by atoms with Crippen molar-refractivity contribution in [1.82, 2.24) is 10.2 Å². The highest BCUT2D eigenvalue weighted by molar-refractivity contribution is 6.30. The summed E-state index contributed by atoms with van der Waals surface area (Å²) in [5.41, 5.74) is 3.27. The zero-order valence-corrected chi connectivity index (χ0v) is 24.0. The Bertz CT molecular complexity index is 1640. The first-order valence-corrected chi connectivity index (χ1v) is 14.1. The van der Waals surface area contributed by atoms with Crippen molar-refractivity contribution >= 4 is 57.0 Å². The third kappa shape index (κ3) is 6.19. The normalized spacial score (nSPS) is 17.3. The zero-order chi connectivity index (χ0) is 29.1. The molecule has 1 aromatic heterocycles. The maximum atomic E-state index is 13.1. The van der Waals surface area contributed by atoms with Gasteiger partial charge in [0.1, 0.15) is 17.1 Å². The summed E-state index contributed by atoms with van der Waals surface area (Å²) >= 11 is 6.28. The van der Waals surface area contributed by atoms with Crippen molar-refractivity contribution in [2.75, 3.05) is 19.6 Å². The van der Waals surface area contributed by atoms with E-state index in [4.69, 9.17) is 20.8 Å². The Labute approximate surface area is 243 Å². The van der Waals surface area contributed by atoms with Gasteiger partial charge in [-0.1, -0.05) is 41.9 Å². The standard InChI is InChI=1S/C32H32ClN3O5/c1-19(2)40-31(38)29-20(3)35-32(39)36(30(29)22-8-6-9-23(33)16-22)15-7-14-34-18-26(37)21-12-13-28-25(17-21)24-10-4-5-11-27(24)41-28/h4-6,8-13,16-17,19,29-30,34H,7,14-15,18H2,1-3H3. The molecule has 1 aliphatic heterocycles. The van der Waals surface area contributed by atoms with Gasteiger partial charge in [0.15, 0.2) is 5.78 Å². The first-order chi connectivity index (χ1) is 19.7. The fourth-order valence-corrected chi connectivity index (χ4v) is 5.49. The smallest absolute Gasteiger partial charge is 0.344 e. The number of hydrogen-bond acceptors (Lipinski definition) is 6. The van der Waals surface area contributed by atoms with Crippen LogP contribution in [0.3, 0.4) is 0 Å². The summed E-state index contributed by atoms with van der Waals surface area (Å²) < 4.78 is 11.4. The lowest BCUT2D eigenvalue weighted by Crippen LogP contribution is -2.48. The number of aliphatic imine (C=N–C) groups is 1. The molecule has 9 heteroatoms. The molecule has 2 amide bonds. The number of carbonyl (C=O) groups excluding carboxylic acids is 3. The monoisotopic (exact) mass is 573 g/mol. The summed E-state index contributed by atoms with van der Waals surface area (Å²) in [6.45, 7) is 6.20. The van der Waals surface area contributed by atoms with Crippen LogP contribution in [0.15, 0.2) is 76.1 Å². The van der Waals surface area contributed by atoms with Crippen molar-refractivity contribution in [2.24, 2.45) is 10.9 Å². The second kappa shape index (κ2) is 12.2. The molecule has 41 heavy (non-hydrogen) atoms. The van der Waals surface area contributed by atoms with Gasteiger partial charge >= 0.3 is 12.0 Å². The van der Waals surface area contributed by atoms with Crippen molar-refractivity contribution in [2.45, 2.75) is 39.3 Å². The van der Waals surface area contributed by atoms with Crippen LogP contribution in [0.5, 0.6) is 0 Å². The number of nitrogens with zero attached hydrogens (tertiary/aromatic N) is 2. The number of ketones is 1. The van der Waals surface area contributed by atoms with Gasteiger partial charge in [0.05, 0.1) is 18.7 Å². The lowest BCUT2D eigenvalue weighted by Gasteiger charge is -2.39. The molecule has 0 saturated carbocycles. The fraction of sp³-hybridized carbons (Fsp3) is 0.312. The molecule has 5 rings (SSSR count). The average molecular weight is 574 g/mol. The van der Waals surface area contributed by atoms with Gasteiger partial charge < -0.3 is 19.4 Å². The largest absolute Gasteiger partial charge is 0.462 e. The van der Waals surface area contributed by atoms with Gasteiger partial charge in [-0.2, -0.15) is 0 Å². The number of esters is 1. The summed E-state index contributed by atoms with van der Waals surface area (Å²) in [6.07, 6.45) is 0.234. The fourth-order valence-electron chi connectivity index (χ4n) is 5.29. The Hall–Kier alpha value is -4.01. The highest BCUT2D eigenvalue weighted by atomic mass is 35.5. The lowest BCUT2D eigenvalue weighted by molar-refractivity contribution is -0.151. The number of carbonyl (C=O) groups is 3. The number of ether oxygens (including phenoxy) is 1. The molecule has 0 aliphatic carbocycles. The number of nitrogens with one attached hydrogen (secondary N) is 1. The molecule has 0 bridgehead atoms. The van der Waals surface area contributed by atoms with E-state index >= 15 is 0 Å². The van der Waals surface area contributed by atoms with E-state index < -0.39 is 24.0 Å². The van der Waals surface area contributed by atoms with E-state index in [9.17, 15) is 14.4 Å². The molecular weight excluding hydrogens is 542 g/mol. The predicted molar refractivity (Wildman–Crippen MR) is 160 cm³/mol. The minimum absolute atomic E-state index is 0.0419. The first kappa shape index (κ1) is 28.5. The van der Waals surface area contributed by atoms with E-state index in [-0.39, 0.29) is 18.4 Å². The number of amides is 2. The molecule has 0 fully saturated rings. The molecule has 8 nitrogen and oxygen atoms in total. The van der Waals surface area contributed by atoms with Crippen LogP contribution in [0.4, 0.5) is 4.79 Å². The number of fused-ring (bicyclic) bond motifs is 3. The Kier molecular flexibility index (Phi) is 8.52. The third-order valence-electron chi connectivity index (χ3n) is 7.15. The molecule has 0 saturated heterocycles. The highest BCUT2D eigenvalue weighted by Crippen LogP contribution is 2.36. The van der Waals surface area contributed by atoms with Crippen molar-refractivity contribution in [3.8, 4) is 0 Å². The van der Waals surface area contributed by atoms with Gasteiger partial charge in [0.2, 0.25) is 0 Å². The maximum absolute atomic E-state index is 13.1. The van der Waals surface area contributed by atoms with Crippen molar-refractivity contribution in [3.05, 3.63) is 82.9 Å². The van der Waals surface area contributed by atoms with Crippen LogP contribution in [-0.2, 0) is 9.53 Å². The Morgan fingerprint density at radius 3 is 2.61 bits per heavy atom. The number of furan rings is 1. The van der Waals surface area contributed by atoms with E-state index in [1.54, 1.807) is 49.9 Å². The lowest BCUT2D eigenvalue weighted by atomic mass is 9.86. The number of para-hydroxylation sites is 1. The molecule has 1 N–H and O–H groups in total. The summed E-state index contributed by atoms with van der Waals surface area (Å²) in [7, 11) is 0. The number of rotatable bonds is 10. The minimum atomic E-state index is -0.753. The predicted octanol–water partition coefficient (Wildman–Crippen LogP) is 6.61. The molecule has 0 spiro atoms. The number of hydrogen-bond donors (Lipinski definition) is 1. The number of urea groups is 1. The minimum Gasteiger partial charge on any atom is -0.462 e. The Morgan fingerprint density at radius 1 is 1.05 bits per heavy atom. The quantitative estimate of drug-likeness (QED) is 0.130. The summed E-state index contributed by atoms with van der Waals surface area (Å²) in [4.78, 5) is 44.9. The van der Waals surface area contributed by atoms with E-state index in [1.165, 1.54) is 0 Å². The van der Waals surface area contributed by atoms with Gasteiger partial charge in [0.25, 0.3) is 0 Å². The molecule has 0 radical (unpaired) electrons. The third-order valence-corrected chi connectivity index (χ3v) is 7.39. The van der Waals surface area contributed by atoms with Gasteiger partial charge in [0, 0.05) is 33.6 Å². The topological polar surface area (TPSA) is 101 Å². The van der Waals surface area contributed by atoms with Gasteiger partial charge in [-0.05, 0) is 75.7 Å². The van der Waals surface area contributed by atoms with Gasteiger partial charge in [-0.3, -0.25) is 9.59 Å². The van der Waals surface area contributed by atoms with E-state index in [0.29, 0.717) is 35.8 Å². The van der Waals surface area contributed by atoms with Crippen molar-refractivity contribution in [1.29, 1.82) is 0 Å². The average Bonchev–Trinajstić information content (AvgIpc) is 3.31. The van der Waals surface area contributed by atoms with Crippen LogP contribution < -0.4 is 5.32 Å². The van der Waals surface area contributed by atoms with Gasteiger partial charge in [-0.15, -0.1) is 0 Å². The SMILES string of the molecule is CC1=NC(=O)N(CCCNCC(=O)c2ccc3oc4ccccc4c3c2)C(c2cccc(Cl)c2)C1C(=O)OC(C)C. The van der Waals surface area contributed by atoms with Crippen LogP contribution in [0.25, 0.3) is 21.9 Å². The molecule has 2 atom stereocenters. The number of Topliss-reactive ketones (excluding diaryl/α,β-unsaturated/α-hetero) is 1. The molecule has 3 aromatic carbocycles. The first-order valence-electron chi connectivity index (χ1n) is 13.7. The van der Waals surface area contributed by atoms with E-state index in [1.807, 2.05) is 42.5 Å². The molecule has 2 heterocycles. The summed E-state index contributed by atoms with van der Waals surface area (Å²) in [5, 5.41) is 5.57. The second-order valence-corrected chi connectivity index (χ2v) is 10.9.